The highest BCUT2D eigenvalue weighted by molar-refractivity contribution is 7.92. The van der Waals surface area contributed by atoms with Gasteiger partial charge in [-0.1, -0.05) is 82.8 Å². The quantitative estimate of drug-likeness (QED) is 0.288. The van der Waals surface area contributed by atoms with Crippen molar-refractivity contribution in [3.05, 3.63) is 97.9 Å². The minimum atomic E-state index is -3.93. The number of likely N-dealkylation sites (N-methyl/N-ethyl adjacent to an activating group) is 1. The lowest BCUT2D eigenvalue weighted by molar-refractivity contribution is -0.140. The number of hydrogen-bond donors (Lipinski definition) is 1. The Morgan fingerprint density at radius 1 is 0.846 bits per heavy atom. The molecular formula is C27H27Cl4N3O4S. The Morgan fingerprint density at radius 2 is 1.46 bits per heavy atom. The number of carbonyl (C=O) groups is 2. The Labute approximate surface area is 248 Å². The highest BCUT2D eigenvalue weighted by Crippen LogP contribution is 2.29. The number of nitrogens with zero attached hydrogens (tertiary/aromatic N) is 2. The fourth-order valence-electron chi connectivity index (χ4n) is 3.93. The number of nitrogens with one attached hydrogen (secondary N) is 1. The van der Waals surface area contributed by atoms with Crippen molar-refractivity contribution >= 4 is 73.9 Å². The summed E-state index contributed by atoms with van der Waals surface area (Å²) in [5, 5.41) is 3.78. The standard InChI is InChI=1S/C27H27Cl4N3O4S/c1-3-32-27(36)25(14-18-7-5-4-6-8-18)33(16-19-9-11-21(28)23(30)13-19)26(35)17-34(39(2,37)38)20-10-12-22(29)24(31)15-20/h4-13,15,25H,3,14,16-17H2,1-2H3,(H,32,36). The van der Waals surface area contributed by atoms with Crippen LogP contribution in [0.1, 0.15) is 18.1 Å². The molecule has 39 heavy (non-hydrogen) atoms. The van der Waals surface area contributed by atoms with Crippen molar-refractivity contribution in [3.63, 3.8) is 0 Å². The van der Waals surface area contributed by atoms with E-state index < -0.39 is 28.5 Å². The smallest absolute Gasteiger partial charge is 0.244 e. The van der Waals surface area contributed by atoms with Gasteiger partial charge in [0.1, 0.15) is 12.6 Å². The molecule has 1 N–H and O–H groups in total. The maximum absolute atomic E-state index is 13.9. The number of sulfonamides is 1. The van der Waals surface area contributed by atoms with Crippen LogP contribution >= 0.6 is 46.4 Å². The fraction of sp³-hybridized carbons (Fsp3) is 0.259. The second-order valence-corrected chi connectivity index (χ2v) is 12.3. The summed E-state index contributed by atoms with van der Waals surface area (Å²) in [4.78, 5) is 28.6. The van der Waals surface area contributed by atoms with E-state index in [2.05, 4.69) is 5.32 Å². The van der Waals surface area contributed by atoms with E-state index in [0.29, 0.717) is 17.1 Å². The van der Waals surface area contributed by atoms with Gasteiger partial charge in [-0.05, 0) is 48.4 Å². The van der Waals surface area contributed by atoms with E-state index in [1.54, 1.807) is 25.1 Å². The number of halogens is 4. The summed E-state index contributed by atoms with van der Waals surface area (Å²) in [5.41, 5.74) is 1.60. The molecule has 0 saturated carbocycles. The van der Waals surface area contributed by atoms with Gasteiger partial charge >= 0.3 is 0 Å². The van der Waals surface area contributed by atoms with Gasteiger partial charge in [0.05, 0.1) is 32.0 Å². The first-order valence-electron chi connectivity index (χ1n) is 11.9. The number of hydrogen-bond acceptors (Lipinski definition) is 4. The van der Waals surface area contributed by atoms with Crippen molar-refractivity contribution in [3.8, 4) is 0 Å². The molecule has 3 rings (SSSR count). The van der Waals surface area contributed by atoms with Crippen LogP contribution < -0.4 is 9.62 Å². The molecule has 12 heteroatoms. The molecule has 0 aliphatic carbocycles. The second kappa shape index (κ2) is 13.7. The van der Waals surface area contributed by atoms with E-state index in [1.165, 1.54) is 23.1 Å². The molecule has 3 aromatic rings. The number of anilines is 1. The molecule has 0 fully saturated rings. The molecule has 3 aromatic carbocycles. The van der Waals surface area contributed by atoms with Crippen molar-refractivity contribution in [2.24, 2.45) is 0 Å². The maximum Gasteiger partial charge on any atom is 0.244 e. The monoisotopic (exact) mass is 629 g/mol. The van der Waals surface area contributed by atoms with Gasteiger partial charge in [-0.3, -0.25) is 13.9 Å². The lowest BCUT2D eigenvalue weighted by Crippen LogP contribution is -2.53. The Bertz CT molecular complexity index is 1440. The molecule has 1 atom stereocenters. The Morgan fingerprint density at radius 3 is 2.03 bits per heavy atom. The van der Waals surface area contributed by atoms with Crippen LogP contribution in [0.5, 0.6) is 0 Å². The zero-order valence-electron chi connectivity index (χ0n) is 21.2. The van der Waals surface area contributed by atoms with Crippen LogP contribution in [0.4, 0.5) is 5.69 Å². The van der Waals surface area contributed by atoms with Crippen LogP contribution in [-0.4, -0.2) is 50.5 Å². The van der Waals surface area contributed by atoms with E-state index in [-0.39, 0.29) is 39.6 Å². The summed E-state index contributed by atoms with van der Waals surface area (Å²) < 4.78 is 26.5. The number of amides is 2. The number of benzene rings is 3. The van der Waals surface area contributed by atoms with Gasteiger partial charge < -0.3 is 10.2 Å². The van der Waals surface area contributed by atoms with Gasteiger partial charge in [0.15, 0.2) is 0 Å². The molecule has 0 bridgehead atoms. The molecule has 0 saturated heterocycles. The Hall–Kier alpha value is -2.49. The van der Waals surface area contributed by atoms with Gasteiger partial charge in [0, 0.05) is 19.5 Å². The van der Waals surface area contributed by atoms with E-state index in [9.17, 15) is 18.0 Å². The van der Waals surface area contributed by atoms with Crippen molar-refractivity contribution in [1.82, 2.24) is 10.2 Å². The molecule has 0 aliphatic rings. The summed E-state index contributed by atoms with van der Waals surface area (Å²) in [6.45, 7) is 1.52. The lowest BCUT2D eigenvalue weighted by Gasteiger charge is -2.33. The summed E-state index contributed by atoms with van der Waals surface area (Å²) in [6, 6.07) is 17.4. The van der Waals surface area contributed by atoms with Crippen molar-refractivity contribution in [1.29, 1.82) is 0 Å². The third kappa shape index (κ3) is 8.50. The third-order valence-electron chi connectivity index (χ3n) is 5.83. The number of carbonyl (C=O) groups excluding carboxylic acids is 2. The second-order valence-electron chi connectivity index (χ2n) is 8.74. The summed E-state index contributed by atoms with van der Waals surface area (Å²) in [5.74, 6) is -0.986. The van der Waals surface area contributed by atoms with Crippen LogP contribution in [0.25, 0.3) is 0 Å². The molecule has 0 radical (unpaired) electrons. The van der Waals surface area contributed by atoms with Gasteiger partial charge in [0.25, 0.3) is 0 Å². The molecule has 0 heterocycles. The van der Waals surface area contributed by atoms with Crippen LogP contribution in [0.3, 0.4) is 0 Å². The SMILES string of the molecule is CCNC(=O)C(Cc1ccccc1)N(Cc1ccc(Cl)c(Cl)c1)C(=O)CN(c1ccc(Cl)c(Cl)c1)S(C)(=O)=O. The minimum absolute atomic E-state index is 0.0245. The largest absolute Gasteiger partial charge is 0.355 e. The van der Waals surface area contributed by atoms with E-state index in [0.717, 1.165) is 16.1 Å². The zero-order chi connectivity index (χ0) is 28.7. The van der Waals surface area contributed by atoms with Crippen LogP contribution in [0, 0.1) is 0 Å². The summed E-state index contributed by atoms with van der Waals surface area (Å²) in [6.07, 6.45) is 1.18. The molecule has 7 nitrogen and oxygen atoms in total. The van der Waals surface area contributed by atoms with Gasteiger partial charge in [-0.2, -0.15) is 0 Å². The molecule has 0 aliphatic heterocycles. The van der Waals surface area contributed by atoms with Crippen molar-refractivity contribution in [2.75, 3.05) is 23.7 Å². The molecular weight excluding hydrogens is 604 g/mol. The number of rotatable bonds is 11. The van der Waals surface area contributed by atoms with Crippen molar-refractivity contribution in [2.45, 2.75) is 25.9 Å². The summed E-state index contributed by atoms with van der Waals surface area (Å²) >= 11 is 24.5. The third-order valence-corrected chi connectivity index (χ3v) is 8.45. The summed E-state index contributed by atoms with van der Waals surface area (Å²) in [7, 11) is -3.93. The minimum Gasteiger partial charge on any atom is -0.355 e. The molecule has 2 amide bonds. The predicted molar refractivity (Wildman–Crippen MR) is 158 cm³/mol. The Balaban J connectivity index is 2.07. The van der Waals surface area contributed by atoms with E-state index >= 15 is 0 Å². The highest BCUT2D eigenvalue weighted by Gasteiger charge is 2.33. The van der Waals surface area contributed by atoms with E-state index in [1.807, 2.05) is 30.3 Å². The molecule has 1 unspecified atom stereocenters. The maximum atomic E-state index is 13.9. The molecule has 0 aromatic heterocycles. The first kappa shape index (κ1) is 31.0. The van der Waals surface area contributed by atoms with Crippen LogP contribution in [0.2, 0.25) is 20.1 Å². The van der Waals surface area contributed by atoms with E-state index in [4.69, 9.17) is 46.4 Å². The van der Waals surface area contributed by atoms with Crippen LogP contribution in [0.15, 0.2) is 66.7 Å². The highest BCUT2D eigenvalue weighted by atomic mass is 35.5. The van der Waals surface area contributed by atoms with Gasteiger partial charge in [-0.15, -0.1) is 0 Å². The molecule has 0 spiro atoms. The van der Waals surface area contributed by atoms with Gasteiger partial charge in [0.2, 0.25) is 21.8 Å². The Kier molecular flexibility index (Phi) is 10.9. The predicted octanol–water partition coefficient (Wildman–Crippen LogP) is 5.84. The fourth-order valence-corrected chi connectivity index (χ4v) is 5.39. The average Bonchev–Trinajstić information content (AvgIpc) is 2.88. The first-order valence-corrected chi connectivity index (χ1v) is 15.2. The van der Waals surface area contributed by atoms with Crippen LogP contribution in [-0.2, 0) is 32.6 Å². The normalized spacial score (nSPS) is 12.1. The zero-order valence-corrected chi connectivity index (χ0v) is 25.0. The molecule has 208 valence electrons. The first-order chi connectivity index (χ1) is 18.4. The average molecular weight is 631 g/mol. The van der Waals surface area contributed by atoms with Crippen molar-refractivity contribution < 1.29 is 18.0 Å². The van der Waals surface area contributed by atoms with Gasteiger partial charge in [-0.25, -0.2) is 8.42 Å². The lowest BCUT2D eigenvalue weighted by atomic mass is 10.0. The topological polar surface area (TPSA) is 86.8 Å².